The van der Waals surface area contributed by atoms with Gasteiger partial charge in [-0.1, -0.05) is 24.3 Å². The third kappa shape index (κ3) is 4.32. The molecule has 1 heterocycles. The maximum Gasteiger partial charge on any atom is 0.224 e. The molecule has 0 radical (unpaired) electrons. The Labute approximate surface area is 120 Å². The van der Waals surface area contributed by atoms with Crippen LogP contribution in [0.2, 0.25) is 0 Å². The summed E-state index contributed by atoms with van der Waals surface area (Å²) in [5.41, 5.74) is 2.29. The number of carbonyl (C=O) groups excluding carboxylic acids is 1. The molecule has 0 bridgehead atoms. The lowest BCUT2D eigenvalue weighted by molar-refractivity contribution is -0.125. The van der Waals surface area contributed by atoms with E-state index in [9.17, 15) is 4.79 Å². The average molecular weight is 276 g/mol. The summed E-state index contributed by atoms with van der Waals surface area (Å²) in [5.74, 6) is 0.270. The average Bonchev–Trinajstić information content (AvgIpc) is 2.52. The van der Waals surface area contributed by atoms with Crippen LogP contribution in [0.4, 0.5) is 0 Å². The highest BCUT2D eigenvalue weighted by atomic mass is 16.5. The molecule has 1 aliphatic heterocycles. The highest BCUT2D eigenvalue weighted by Gasteiger charge is 2.20. The first-order valence-electron chi connectivity index (χ1n) is 7.44. The fourth-order valence-corrected chi connectivity index (χ4v) is 2.49. The Morgan fingerprint density at radius 2 is 2.20 bits per heavy atom. The van der Waals surface area contributed by atoms with Crippen molar-refractivity contribution in [2.75, 3.05) is 19.7 Å². The molecule has 1 aliphatic rings. The largest absolute Gasteiger partial charge is 0.377 e. The van der Waals surface area contributed by atoms with Gasteiger partial charge in [0.2, 0.25) is 5.91 Å². The summed E-state index contributed by atoms with van der Waals surface area (Å²) in [4.78, 5) is 12.1. The first kappa shape index (κ1) is 15.0. The van der Waals surface area contributed by atoms with Gasteiger partial charge >= 0.3 is 0 Å². The number of amides is 1. The smallest absolute Gasteiger partial charge is 0.224 e. The Kier molecular flexibility index (Phi) is 6.02. The van der Waals surface area contributed by atoms with Gasteiger partial charge in [0.05, 0.1) is 12.5 Å². The molecule has 4 nitrogen and oxygen atoms in total. The van der Waals surface area contributed by atoms with Crippen molar-refractivity contribution >= 4 is 5.91 Å². The number of piperidine rings is 1. The van der Waals surface area contributed by atoms with Crippen LogP contribution in [0, 0.1) is 5.92 Å². The number of hydrogen-bond acceptors (Lipinski definition) is 3. The van der Waals surface area contributed by atoms with E-state index in [1.807, 2.05) is 25.1 Å². The molecule has 20 heavy (non-hydrogen) atoms. The summed E-state index contributed by atoms with van der Waals surface area (Å²) in [5, 5.41) is 6.32. The molecule has 2 rings (SSSR count). The van der Waals surface area contributed by atoms with Gasteiger partial charge in [-0.25, -0.2) is 0 Å². The zero-order valence-electron chi connectivity index (χ0n) is 12.2. The molecule has 1 aromatic rings. The van der Waals surface area contributed by atoms with Crippen LogP contribution in [0.3, 0.4) is 0 Å². The highest BCUT2D eigenvalue weighted by Crippen LogP contribution is 2.12. The Bertz CT molecular complexity index is 428. The number of ether oxygens (including phenoxy) is 1. The highest BCUT2D eigenvalue weighted by molar-refractivity contribution is 5.79. The van der Waals surface area contributed by atoms with Crippen molar-refractivity contribution in [2.45, 2.75) is 32.9 Å². The van der Waals surface area contributed by atoms with Crippen LogP contribution in [0.15, 0.2) is 24.3 Å². The topological polar surface area (TPSA) is 50.4 Å². The minimum Gasteiger partial charge on any atom is -0.377 e. The minimum absolute atomic E-state index is 0.114. The molecule has 0 aromatic heterocycles. The number of hydrogen-bond donors (Lipinski definition) is 2. The molecule has 0 saturated carbocycles. The van der Waals surface area contributed by atoms with Crippen molar-refractivity contribution < 1.29 is 9.53 Å². The second kappa shape index (κ2) is 8.02. The Morgan fingerprint density at radius 3 is 2.90 bits per heavy atom. The van der Waals surface area contributed by atoms with Crippen LogP contribution in [0.25, 0.3) is 0 Å². The van der Waals surface area contributed by atoms with Gasteiger partial charge in [0.1, 0.15) is 0 Å². The summed E-state index contributed by atoms with van der Waals surface area (Å²) in [6, 6.07) is 8.11. The second-order valence-electron chi connectivity index (χ2n) is 5.17. The zero-order valence-corrected chi connectivity index (χ0v) is 12.2. The van der Waals surface area contributed by atoms with E-state index in [2.05, 4.69) is 16.7 Å². The van der Waals surface area contributed by atoms with Crippen molar-refractivity contribution in [1.82, 2.24) is 10.6 Å². The molecule has 0 spiro atoms. The molecule has 1 atom stereocenters. The predicted molar refractivity (Wildman–Crippen MR) is 79.2 cm³/mol. The van der Waals surface area contributed by atoms with E-state index >= 15 is 0 Å². The third-order valence-electron chi connectivity index (χ3n) is 3.70. The fraction of sp³-hybridized carbons (Fsp3) is 0.562. The quantitative estimate of drug-likeness (QED) is 0.833. The summed E-state index contributed by atoms with van der Waals surface area (Å²) in [6.45, 7) is 5.70. The number of benzene rings is 1. The van der Waals surface area contributed by atoms with E-state index < -0.39 is 0 Å². The van der Waals surface area contributed by atoms with E-state index in [0.29, 0.717) is 19.8 Å². The van der Waals surface area contributed by atoms with Gasteiger partial charge in [-0.3, -0.25) is 4.79 Å². The van der Waals surface area contributed by atoms with Gasteiger partial charge < -0.3 is 15.4 Å². The summed E-state index contributed by atoms with van der Waals surface area (Å²) in [7, 11) is 0. The lowest BCUT2D eigenvalue weighted by atomic mass is 9.98. The van der Waals surface area contributed by atoms with Crippen molar-refractivity contribution in [1.29, 1.82) is 0 Å². The van der Waals surface area contributed by atoms with Gasteiger partial charge in [0.25, 0.3) is 0 Å². The van der Waals surface area contributed by atoms with Crippen molar-refractivity contribution in [2.24, 2.45) is 5.92 Å². The van der Waals surface area contributed by atoms with Crippen molar-refractivity contribution in [3.8, 4) is 0 Å². The van der Waals surface area contributed by atoms with Gasteiger partial charge in [-0.05, 0) is 37.4 Å². The molecule has 1 fully saturated rings. The zero-order chi connectivity index (χ0) is 14.2. The van der Waals surface area contributed by atoms with E-state index in [1.165, 1.54) is 0 Å². The molecule has 1 saturated heterocycles. The Morgan fingerprint density at radius 1 is 1.40 bits per heavy atom. The number of rotatable bonds is 6. The molecule has 110 valence electrons. The van der Waals surface area contributed by atoms with Crippen LogP contribution in [-0.4, -0.2) is 25.6 Å². The second-order valence-corrected chi connectivity index (χ2v) is 5.17. The maximum absolute atomic E-state index is 12.1. The standard InChI is InChI=1S/C16H24N2O2/c1-2-20-12-15-7-4-3-6-13(15)11-18-16(19)14-8-5-9-17-10-14/h3-4,6-7,14,17H,2,5,8-12H2,1H3,(H,18,19)/t14-/m1/s1. The van der Waals surface area contributed by atoms with Crippen LogP contribution in [0.5, 0.6) is 0 Å². The Hall–Kier alpha value is -1.39. The van der Waals surface area contributed by atoms with Gasteiger partial charge in [-0.2, -0.15) is 0 Å². The molecular weight excluding hydrogens is 252 g/mol. The Balaban J connectivity index is 1.87. The first-order chi connectivity index (χ1) is 9.81. The summed E-state index contributed by atoms with van der Waals surface area (Å²) >= 11 is 0. The summed E-state index contributed by atoms with van der Waals surface area (Å²) in [6.07, 6.45) is 2.07. The lowest BCUT2D eigenvalue weighted by Crippen LogP contribution is -2.40. The molecule has 4 heteroatoms. The van der Waals surface area contributed by atoms with Crippen LogP contribution in [-0.2, 0) is 22.7 Å². The predicted octanol–water partition coefficient (Wildman–Crippen LogP) is 1.84. The SMILES string of the molecule is CCOCc1ccccc1CNC(=O)[C@@H]1CCCNC1. The van der Waals surface area contributed by atoms with Crippen LogP contribution in [0.1, 0.15) is 30.9 Å². The number of nitrogens with one attached hydrogen (secondary N) is 2. The minimum atomic E-state index is 0.114. The lowest BCUT2D eigenvalue weighted by Gasteiger charge is -2.22. The van der Waals surface area contributed by atoms with Crippen LogP contribution < -0.4 is 10.6 Å². The monoisotopic (exact) mass is 276 g/mol. The maximum atomic E-state index is 12.1. The normalized spacial score (nSPS) is 18.8. The van der Waals surface area contributed by atoms with Gasteiger partial charge in [-0.15, -0.1) is 0 Å². The molecule has 2 N–H and O–H groups in total. The molecule has 1 amide bonds. The van der Waals surface area contributed by atoms with Crippen molar-refractivity contribution in [3.05, 3.63) is 35.4 Å². The van der Waals surface area contributed by atoms with Crippen molar-refractivity contribution in [3.63, 3.8) is 0 Å². The molecular formula is C16H24N2O2. The van der Waals surface area contributed by atoms with Crippen LogP contribution >= 0.6 is 0 Å². The van der Waals surface area contributed by atoms with E-state index in [0.717, 1.165) is 37.1 Å². The number of carbonyl (C=O) groups is 1. The fourth-order valence-electron chi connectivity index (χ4n) is 2.49. The molecule has 0 unspecified atom stereocenters. The summed E-state index contributed by atoms with van der Waals surface area (Å²) < 4.78 is 5.46. The molecule has 0 aliphatic carbocycles. The third-order valence-corrected chi connectivity index (χ3v) is 3.70. The van der Waals surface area contributed by atoms with E-state index in [1.54, 1.807) is 0 Å². The van der Waals surface area contributed by atoms with E-state index in [-0.39, 0.29) is 11.8 Å². The van der Waals surface area contributed by atoms with Gasteiger partial charge in [0, 0.05) is 19.7 Å². The van der Waals surface area contributed by atoms with E-state index in [4.69, 9.17) is 4.74 Å². The molecule has 1 aromatic carbocycles. The van der Waals surface area contributed by atoms with Gasteiger partial charge in [0.15, 0.2) is 0 Å². The first-order valence-corrected chi connectivity index (χ1v) is 7.44.